The van der Waals surface area contributed by atoms with Gasteiger partial charge in [0.1, 0.15) is 23.8 Å². The van der Waals surface area contributed by atoms with Crippen molar-refractivity contribution in [2.75, 3.05) is 20.2 Å². The number of hydrogen-bond acceptors (Lipinski definition) is 8. The number of nitrogens with one attached hydrogen (secondary N) is 1. The molecule has 0 aliphatic carbocycles. The molecule has 0 bridgehead atoms. The Morgan fingerprint density at radius 2 is 1.92 bits per heavy atom. The molecule has 4 heterocycles. The highest BCUT2D eigenvalue weighted by Crippen LogP contribution is 2.22. The highest BCUT2D eigenvalue weighted by molar-refractivity contribution is 5.96. The van der Waals surface area contributed by atoms with Gasteiger partial charge in [-0.2, -0.15) is 0 Å². The van der Waals surface area contributed by atoms with E-state index in [1.165, 1.54) is 19.5 Å². The molecule has 1 N–H and O–H groups in total. The van der Waals surface area contributed by atoms with E-state index in [2.05, 4.69) is 37.3 Å². The van der Waals surface area contributed by atoms with Crippen LogP contribution in [0.4, 0.5) is 0 Å². The first kappa shape index (κ1) is 23.3. The highest BCUT2D eigenvalue weighted by Gasteiger charge is 2.29. The third-order valence-electron chi connectivity index (χ3n) is 6.04. The van der Waals surface area contributed by atoms with Gasteiger partial charge in [0, 0.05) is 44.6 Å². The van der Waals surface area contributed by atoms with E-state index in [0.29, 0.717) is 49.0 Å². The molecule has 1 aliphatic heterocycles. The molecule has 10 heteroatoms. The third kappa shape index (κ3) is 4.98. The quantitative estimate of drug-likeness (QED) is 0.443. The van der Waals surface area contributed by atoms with Gasteiger partial charge in [0.05, 0.1) is 18.5 Å². The van der Waals surface area contributed by atoms with Gasteiger partial charge in [-0.3, -0.25) is 19.1 Å². The van der Waals surface area contributed by atoms with E-state index < -0.39 is 6.04 Å². The summed E-state index contributed by atoms with van der Waals surface area (Å²) in [4.78, 5) is 45.9. The topological polar surface area (TPSA) is 115 Å². The SMILES string of the molecule is COc1ncccc1C(=O)NC1CN(Cc2ccccc2)CCn2c1nc(-c1ccncn1)cc2=O. The second-order valence-corrected chi connectivity index (χ2v) is 8.39. The number of carbonyl (C=O) groups is 1. The molecule has 0 fully saturated rings. The zero-order valence-electron chi connectivity index (χ0n) is 19.7. The number of methoxy groups -OCH3 is 1. The van der Waals surface area contributed by atoms with Crippen LogP contribution in [0, 0.1) is 0 Å². The van der Waals surface area contributed by atoms with Gasteiger partial charge < -0.3 is 10.1 Å². The Hall–Kier alpha value is -4.44. The summed E-state index contributed by atoms with van der Waals surface area (Å²) in [5.41, 5.74) is 2.22. The molecule has 4 aromatic rings. The van der Waals surface area contributed by atoms with Gasteiger partial charge in [-0.15, -0.1) is 0 Å². The Morgan fingerprint density at radius 3 is 2.69 bits per heavy atom. The normalized spacial score (nSPS) is 15.5. The predicted molar refractivity (Wildman–Crippen MR) is 132 cm³/mol. The Bertz CT molecular complexity index is 1410. The third-order valence-corrected chi connectivity index (χ3v) is 6.04. The van der Waals surface area contributed by atoms with E-state index in [4.69, 9.17) is 9.72 Å². The first-order chi connectivity index (χ1) is 17.6. The molecular weight excluding hydrogens is 458 g/mol. The van der Waals surface area contributed by atoms with Crippen molar-refractivity contribution in [3.63, 3.8) is 0 Å². The van der Waals surface area contributed by atoms with Gasteiger partial charge in [-0.1, -0.05) is 30.3 Å². The summed E-state index contributed by atoms with van der Waals surface area (Å²) in [7, 11) is 1.47. The Morgan fingerprint density at radius 1 is 1.06 bits per heavy atom. The largest absolute Gasteiger partial charge is 0.480 e. The number of aromatic nitrogens is 5. The van der Waals surface area contributed by atoms with Crippen molar-refractivity contribution >= 4 is 5.91 Å². The summed E-state index contributed by atoms with van der Waals surface area (Å²) in [6.45, 7) is 2.20. The maximum atomic E-state index is 13.3. The molecule has 10 nitrogen and oxygen atoms in total. The van der Waals surface area contributed by atoms with E-state index in [1.807, 2.05) is 18.2 Å². The van der Waals surface area contributed by atoms with Crippen LogP contribution in [0.1, 0.15) is 27.8 Å². The maximum Gasteiger partial charge on any atom is 0.257 e. The molecule has 3 aromatic heterocycles. The van der Waals surface area contributed by atoms with E-state index in [1.54, 1.807) is 35.2 Å². The summed E-state index contributed by atoms with van der Waals surface area (Å²) >= 11 is 0. The molecule has 1 aromatic carbocycles. The number of ether oxygens (including phenoxy) is 1. The van der Waals surface area contributed by atoms with Crippen LogP contribution in [0.2, 0.25) is 0 Å². The van der Waals surface area contributed by atoms with Crippen molar-refractivity contribution < 1.29 is 9.53 Å². The van der Waals surface area contributed by atoms with Crippen LogP contribution in [0.15, 0.2) is 78.1 Å². The molecule has 1 atom stereocenters. The minimum atomic E-state index is -0.567. The number of carbonyl (C=O) groups excluding carboxylic acids is 1. The number of benzene rings is 1. The molecule has 182 valence electrons. The second kappa shape index (κ2) is 10.4. The number of hydrogen-bond donors (Lipinski definition) is 1. The fourth-order valence-corrected chi connectivity index (χ4v) is 4.32. The highest BCUT2D eigenvalue weighted by atomic mass is 16.5. The number of pyridine rings is 1. The van der Waals surface area contributed by atoms with Gasteiger partial charge >= 0.3 is 0 Å². The molecule has 36 heavy (non-hydrogen) atoms. The smallest absolute Gasteiger partial charge is 0.257 e. The standard InChI is InChI=1S/C26H25N7O3/c1-36-26-19(8-5-10-28-26)25(35)31-22-16-32(15-18-6-3-2-4-7-18)12-13-33-23(34)14-21(30-24(22)33)20-9-11-27-17-29-20/h2-11,14,17,22H,12-13,15-16H2,1H3,(H,31,35). The fourth-order valence-electron chi connectivity index (χ4n) is 4.32. The lowest BCUT2D eigenvalue weighted by atomic mass is 10.1. The van der Waals surface area contributed by atoms with Crippen molar-refractivity contribution in [3.8, 4) is 17.3 Å². The molecule has 1 unspecified atom stereocenters. The van der Waals surface area contributed by atoms with Gasteiger partial charge in [-0.05, 0) is 23.8 Å². The summed E-state index contributed by atoms with van der Waals surface area (Å²) in [6.07, 6.45) is 4.58. The first-order valence-corrected chi connectivity index (χ1v) is 11.6. The average Bonchev–Trinajstić information content (AvgIpc) is 3.09. The minimum Gasteiger partial charge on any atom is -0.480 e. The molecule has 1 aliphatic rings. The lowest BCUT2D eigenvalue weighted by molar-refractivity contribution is 0.0919. The monoisotopic (exact) mass is 483 g/mol. The predicted octanol–water partition coefficient (Wildman–Crippen LogP) is 2.09. The van der Waals surface area contributed by atoms with Gasteiger partial charge in [0.25, 0.3) is 11.5 Å². The Labute approximate surface area is 207 Å². The lowest BCUT2D eigenvalue weighted by Gasteiger charge is -2.25. The maximum absolute atomic E-state index is 13.3. The second-order valence-electron chi connectivity index (χ2n) is 8.39. The van der Waals surface area contributed by atoms with Crippen LogP contribution in [-0.2, 0) is 13.1 Å². The van der Waals surface area contributed by atoms with Crippen LogP contribution >= 0.6 is 0 Å². The van der Waals surface area contributed by atoms with Crippen molar-refractivity contribution in [3.05, 3.63) is 101 Å². The molecular formula is C26H25N7O3. The van der Waals surface area contributed by atoms with Crippen molar-refractivity contribution in [2.45, 2.75) is 19.1 Å². The van der Waals surface area contributed by atoms with Crippen LogP contribution < -0.4 is 15.6 Å². The fraction of sp³-hybridized carbons (Fsp3) is 0.231. The zero-order valence-corrected chi connectivity index (χ0v) is 19.7. The Kier molecular flexibility index (Phi) is 6.76. The Balaban J connectivity index is 1.53. The molecule has 0 spiro atoms. The van der Waals surface area contributed by atoms with Crippen molar-refractivity contribution in [1.82, 2.24) is 34.7 Å². The van der Waals surface area contributed by atoms with E-state index >= 15 is 0 Å². The van der Waals surface area contributed by atoms with Crippen LogP contribution in [0.3, 0.4) is 0 Å². The number of nitrogens with zero attached hydrogens (tertiary/aromatic N) is 6. The molecule has 0 saturated carbocycles. The van der Waals surface area contributed by atoms with E-state index in [9.17, 15) is 9.59 Å². The number of amides is 1. The zero-order chi connectivity index (χ0) is 24.9. The summed E-state index contributed by atoms with van der Waals surface area (Å²) in [6, 6.07) is 16.0. The average molecular weight is 484 g/mol. The number of fused-ring (bicyclic) bond motifs is 1. The minimum absolute atomic E-state index is 0.201. The summed E-state index contributed by atoms with van der Waals surface area (Å²) in [5.74, 6) is 0.340. The number of rotatable bonds is 6. The van der Waals surface area contributed by atoms with Crippen molar-refractivity contribution in [1.29, 1.82) is 0 Å². The molecule has 0 saturated heterocycles. The summed E-state index contributed by atoms with van der Waals surface area (Å²) < 4.78 is 6.90. The molecule has 1 amide bonds. The molecule has 0 radical (unpaired) electrons. The van der Waals surface area contributed by atoms with E-state index in [-0.39, 0.29) is 17.3 Å². The first-order valence-electron chi connectivity index (χ1n) is 11.6. The van der Waals surface area contributed by atoms with E-state index in [0.717, 1.165) is 5.56 Å². The van der Waals surface area contributed by atoms with Gasteiger partial charge in [0.2, 0.25) is 5.88 Å². The van der Waals surface area contributed by atoms with Gasteiger partial charge in [-0.25, -0.2) is 19.9 Å². The van der Waals surface area contributed by atoms with Crippen molar-refractivity contribution in [2.24, 2.45) is 0 Å². The summed E-state index contributed by atoms with van der Waals surface area (Å²) in [5, 5.41) is 3.07. The van der Waals surface area contributed by atoms with Crippen LogP contribution in [0.25, 0.3) is 11.4 Å². The van der Waals surface area contributed by atoms with Crippen LogP contribution in [0.5, 0.6) is 5.88 Å². The lowest BCUT2D eigenvalue weighted by Crippen LogP contribution is -2.38. The van der Waals surface area contributed by atoms with Gasteiger partial charge in [0.15, 0.2) is 0 Å². The van der Waals surface area contributed by atoms with Crippen LogP contribution in [-0.4, -0.2) is 55.5 Å². The molecule has 5 rings (SSSR count).